The van der Waals surface area contributed by atoms with Crippen LogP contribution in [-0.4, -0.2) is 21.6 Å². The smallest absolute Gasteiger partial charge is 0.234 e. The minimum atomic E-state index is -0.338. The average molecular weight is 403 g/mol. The van der Waals surface area contributed by atoms with Gasteiger partial charge in [-0.2, -0.15) is 0 Å². The summed E-state index contributed by atoms with van der Waals surface area (Å²) >= 11 is 1.36. The number of carbonyl (C=O) groups excluding carboxylic acids is 1. The number of imidazole rings is 1. The van der Waals surface area contributed by atoms with E-state index in [2.05, 4.69) is 10.3 Å². The summed E-state index contributed by atoms with van der Waals surface area (Å²) in [6.45, 7) is 0. The normalized spacial score (nSPS) is 10.7. The Kier molecular flexibility index (Phi) is 5.72. The Hall–Kier alpha value is -3.38. The molecule has 29 heavy (non-hydrogen) atoms. The second-order valence-corrected chi connectivity index (χ2v) is 7.31. The van der Waals surface area contributed by atoms with Crippen LogP contribution in [0.4, 0.5) is 10.1 Å². The van der Waals surface area contributed by atoms with E-state index in [1.807, 2.05) is 60.7 Å². The maximum absolute atomic E-state index is 13.0. The summed E-state index contributed by atoms with van der Waals surface area (Å²) in [5, 5.41) is 3.53. The first kappa shape index (κ1) is 19.0. The molecule has 4 rings (SSSR count). The molecule has 4 nitrogen and oxygen atoms in total. The molecular formula is C23H18FN3OS. The lowest BCUT2D eigenvalue weighted by Crippen LogP contribution is -2.14. The van der Waals surface area contributed by atoms with Crippen LogP contribution in [0.1, 0.15) is 0 Å². The zero-order chi connectivity index (χ0) is 20.1. The number of aromatic nitrogens is 2. The number of carbonyl (C=O) groups is 1. The van der Waals surface area contributed by atoms with Crippen molar-refractivity contribution in [3.05, 3.63) is 90.7 Å². The fourth-order valence-electron chi connectivity index (χ4n) is 2.86. The van der Waals surface area contributed by atoms with Crippen molar-refractivity contribution in [2.45, 2.75) is 5.03 Å². The second kappa shape index (κ2) is 8.75. The number of H-pyrrole nitrogens is 1. The average Bonchev–Trinajstić information content (AvgIpc) is 3.20. The van der Waals surface area contributed by atoms with Gasteiger partial charge in [0, 0.05) is 16.8 Å². The van der Waals surface area contributed by atoms with E-state index in [1.165, 1.54) is 36.0 Å². The number of halogens is 1. The maximum atomic E-state index is 13.0. The van der Waals surface area contributed by atoms with Crippen molar-refractivity contribution < 1.29 is 9.18 Å². The van der Waals surface area contributed by atoms with Crippen LogP contribution in [0.25, 0.3) is 22.6 Å². The van der Waals surface area contributed by atoms with Crippen molar-refractivity contribution in [3.8, 4) is 22.6 Å². The molecular weight excluding hydrogens is 385 g/mol. The van der Waals surface area contributed by atoms with Gasteiger partial charge in [-0.1, -0.05) is 72.4 Å². The SMILES string of the molecule is O=C(CSc1nc(-c2ccccc2)[nH]c1-c1ccccc1)Nc1ccc(F)cc1. The van der Waals surface area contributed by atoms with Crippen molar-refractivity contribution in [2.24, 2.45) is 0 Å². The number of aromatic amines is 1. The number of thioether (sulfide) groups is 1. The maximum Gasteiger partial charge on any atom is 0.234 e. The van der Waals surface area contributed by atoms with Gasteiger partial charge in [-0.25, -0.2) is 9.37 Å². The number of amides is 1. The zero-order valence-electron chi connectivity index (χ0n) is 15.4. The van der Waals surface area contributed by atoms with Crippen molar-refractivity contribution in [1.82, 2.24) is 9.97 Å². The lowest BCUT2D eigenvalue weighted by molar-refractivity contribution is -0.113. The van der Waals surface area contributed by atoms with E-state index < -0.39 is 0 Å². The number of nitrogens with one attached hydrogen (secondary N) is 2. The summed E-state index contributed by atoms with van der Waals surface area (Å²) in [4.78, 5) is 20.4. The lowest BCUT2D eigenvalue weighted by atomic mass is 10.2. The van der Waals surface area contributed by atoms with Crippen molar-refractivity contribution in [1.29, 1.82) is 0 Å². The zero-order valence-corrected chi connectivity index (χ0v) is 16.2. The van der Waals surface area contributed by atoms with E-state index in [0.717, 1.165) is 27.7 Å². The van der Waals surface area contributed by atoms with E-state index in [0.29, 0.717) is 5.69 Å². The van der Waals surface area contributed by atoms with Crippen molar-refractivity contribution >= 4 is 23.4 Å². The molecule has 0 saturated carbocycles. The number of hydrogen-bond acceptors (Lipinski definition) is 3. The predicted octanol–water partition coefficient (Wildman–Crippen LogP) is 5.61. The van der Waals surface area contributed by atoms with Crippen LogP contribution in [0.2, 0.25) is 0 Å². The highest BCUT2D eigenvalue weighted by Gasteiger charge is 2.15. The summed E-state index contributed by atoms with van der Waals surface area (Å²) < 4.78 is 13.0. The third-order valence-electron chi connectivity index (χ3n) is 4.25. The molecule has 0 atom stereocenters. The van der Waals surface area contributed by atoms with Crippen LogP contribution in [0, 0.1) is 5.82 Å². The summed E-state index contributed by atoms with van der Waals surface area (Å²) in [6.07, 6.45) is 0. The van der Waals surface area contributed by atoms with Gasteiger partial charge in [-0.05, 0) is 24.3 Å². The summed E-state index contributed by atoms with van der Waals surface area (Å²) in [5.41, 5.74) is 3.42. The standard InChI is InChI=1S/C23H18FN3OS/c24-18-11-13-19(14-12-18)25-20(28)15-29-23-21(16-7-3-1-4-8-16)26-22(27-23)17-9-5-2-6-10-17/h1-14H,15H2,(H,25,28)(H,26,27). The Labute approximate surface area is 172 Å². The second-order valence-electron chi connectivity index (χ2n) is 6.34. The van der Waals surface area contributed by atoms with E-state index in [9.17, 15) is 9.18 Å². The lowest BCUT2D eigenvalue weighted by Gasteiger charge is -2.05. The number of nitrogens with zero attached hydrogens (tertiary/aromatic N) is 1. The molecule has 144 valence electrons. The molecule has 0 aliphatic carbocycles. The van der Waals surface area contributed by atoms with Gasteiger partial charge in [0.2, 0.25) is 5.91 Å². The molecule has 0 unspecified atom stereocenters. The van der Waals surface area contributed by atoms with Crippen LogP contribution in [0.15, 0.2) is 90.0 Å². The van der Waals surface area contributed by atoms with Crippen molar-refractivity contribution in [3.63, 3.8) is 0 Å². The first-order valence-electron chi connectivity index (χ1n) is 9.08. The van der Waals surface area contributed by atoms with Gasteiger partial charge in [-0.3, -0.25) is 4.79 Å². The van der Waals surface area contributed by atoms with Crippen molar-refractivity contribution in [2.75, 3.05) is 11.1 Å². The van der Waals surface area contributed by atoms with E-state index in [1.54, 1.807) is 0 Å². The quantitative estimate of drug-likeness (QED) is 0.411. The molecule has 0 aliphatic rings. The fourth-order valence-corrected chi connectivity index (χ4v) is 3.67. The molecule has 6 heteroatoms. The predicted molar refractivity (Wildman–Crippen MR) is 115 cm³/mol. The Bertz CT molecular complexity index is 1100. The highest BCUT2D eigenvalue weighted by atomic mass is 32.2. The summed E-state index contributed by atoms with van der Waals surface area (Å²) in [7, 11) is 0. The molecule has 1 heterocycles. The number of benzene rings is 3. The van der Waals surface area contributed by atoms with Crippen LogP contribution in [-0.2, 0) is 4.79 Å². The highest BCUT2D eigenvalue weighted by Crippen LogP contribution is 2.32. The molecule has 1 amide bonds. The first-order valence-corrected chi connectivity index (χ1v) is 10.1. The Balaban J connectivity index is 1.54. The fraction of sp³-hybridized carbons (Fsp3) is 0.0435. The molecule has 0 fully saturated rings. The molecule has 4 aromatic rings. The minimum Gasteiger partial charge on any atom is -0.337 e. The van der Waals surface area contributed by atoms with Crippen LogP contribution < -0.4 is 5.32 Å². The molecule has 3 aromatic carbocycles. The number of hydrogen-bond donors (Lipinski definition) is 2. The van der Waals surface area contributed by atoms with Crippen LogP contribution in [0.5, 0.6) is 0 Å². The van der Waals surface area contributed by atoms with Crippen LogP contribution in [0.3, 0.4) is 0 Å². The third kappa shape index (κ3) is 4.73. The molecule has 0 saturated heterocycles. The van der Waals surface area contributed by atoms with Gasteiger partial charge in [-0.15, -0.1) is 0 Å². The van der Waals surface area contributed by atoms with Gasteiger partial charge < -0.3 is 10.3 Å². The molecule has 0 bridgehead atoms. The first-order chi connectivity index (χ1) is 14.2. The van der Waals surface area contributed by atoms with Gasteiger partial charge in [0.15, 0.2) is 0 Å². The largest absolute Gasteiger partial charge is 0.337 e. The monoisotopic (exact) mass is 403 g/mol. The van der Waals surface area contributed by atoms with Gasteiger partial charge >= 0.3 is 0 Å². The third-order valence-corrected chi connectivity index (χ3v) is 5.22. The Morgan fingerprint density at radius 1 is 0.897 bits per heavy atom. The molecule has 0 spiro atoms. The number of rotatable bonds is 6. The van der Waals surface area contributed by atoms with Gasteiger partial charge in [0.05, 0.1) is 11.4 Å². The molecule has 2 N–H and O–H groups in total. The van der Waals surface area contributed by atoms with Crippen LogP contribution >= 0.6 is 11.8 Å². The van der Waals surface area contributed by atoms with E-state index in [4.69, 9.17) is 4.98 Å². The van der Waals surface area contributed by atoms with Gasteiger partial charge in [0.25, 0.3) is 0 Å². The molecule has 0 aliphatic heterocycles. The van der Waals surface area contributed by atoms with E-state index >= 15 is 0 Å². The van der Waals surface area contributed by atoms with Gasteiger partial charge in [0.1, 0.15) is 16.7 Å². The highest BCUT2D eigenvalue weighted by molar-refractivity contribution is 8.00. The Morgan fingerprint density at radius 2 is 1.52 bits per heavy atom. The summed E-state index contributed by atoms with van der Waals surface area (Å²) in [6, 6.07) is 25.5. The molecule has 1 aromatic heterocycles. The summed E-state index contributed by atoms with van der Waals surface area (Å²) in [5.74, 6) is 0.432. The number of anilines is 1. The molecule has 0 radical (unpaired) electrons. The Morgan fingerprint density at radius 3 is 2.17 bits per heavy atom. The topological polar surface area (TPSA) is 57.8 Å². The van der Waals surface area contributed by atoms with E-state index in [-0.39, 0.29) is 17.5 Å². The minimum absolute atomic E-state index is 0.176.